The summed E-state index contributed by atoms with van der Waals surface area (Å²) in [5.74, 6) is -0.883. The highest BCUT2D eigenvalue weighted by atomic mass is 31.2. The highest BCUT2D eigenvalue weighted by Crippen LogP contribution is 2.43. The maximum absolute atomic E-state index is 12.3. The molecule has 42 heavy (non-hydrogen) atoms. The normalized spacial score (nSPS) is 13.8. The van der Waals surface area contributed by atoms with E-state index in [4.69, 9.17) is 18.5 Å². The monoisotopic (exact) mass is 620 g/mol. The summed E-state index contributed by atoms with van der Waals surface area (Å²) in [7, 11) is 1.45. The molecule has 0 aromatic carbocycles. The second kappa shape index (κ2) is 26.2. The molecule has 0 aliphatic heterocycles. The number of unbranched alkanes of at least 4 members (excludes halogenated alkanes) is 15. The first kappa shape index (κ1) is 40.8. The van der Waals surface area contributed by atoms with Gasteiger partial charge in [0.05, 0.1) is 27.7 Å². The summed E-state index contributed by atoms with van der Waals surface area (Å²) in [5, 5.41) is 0. The Labute approximate surface area is 256 Å². The summed E-state index contributed by atoms with van der Waals surface area (Å²) >= 11 is 0. The third-order valence-corrected chi connectivity index (χ3v) is 7.93. The van der Waals surface area contributed by atoms with E-state index >= 15 is 0 Å². The van der Waals surface area contributed by atoms with Crippen molar-refractivity contribution in [3.05, 3.63) is 12.7 Å². The molecule has 0 radical (unpaired) electrons. The highest BCUT2D eigenvalue weighted by molar-refractivity contribution is 7.47. The molecule has 9 nitrogen and oxygen atoms in total. The van der Waals surface area contributed by atoms with Crippen LogP contribution in [0.15, 0.2) is 12.7 Å². The number of carbonyl (C=O) groups is 2. The van der Waals surface area contributed by atoms with E-state index in [0.717, 1.165) is 19.3 Å². The molecule has 0 aromatic rings. The molecule has 1 unspecified atom stereocenters. The molecule has 0 spiro atoms. The summed E-state index contributed by atoms with van der Waals surface area (Å²) in [6, 6.07) is 0. The number of rotatable bonds is 30. The van der Waals surface area contributed by atoms with Crippen LogP contribution < -0.4 is 0 Å². The van der Waals surface area contributed by atoms with Gasteiger partial charge in [-0.1, -0.05) is 103 Å². The van der Waals surface area contributed by atoms with Crippen LogP contribution in [-0.2, 0) is 32.7 Å². The van der Waals surface area contributed by atoms with Gasteiger partial charge in [0.2, 0.25) is 0 Å². The Bertz CT molecular complexity index is 741. The van der Waals surface area contributed by atoms with Gasteiger partial charge in [0.1, 0.15) is 19.8 Å². The Morgan fingerprint density at radius 3 is 1.76 bits per heavy atom. The third kappa shape index (κ3) is 28.9. The van der Waals surface area contributed by atoms with Crippen LogP contribution in [0.4, 0.5) is 0 Å². The number of carbonyl (C=O) groups excluding carboxylic acids is 2. The number of esters is 2. The standard InChI is InChI=1S/C32H62NO8P/c1-6-8-10-11-12-13-14-15-16-17-18-19-20-21-23-24-31(34)38-28-30(41-32(35)25-22-9-7-2)29-40-42(36,37)39-27-26-33(3,4)5/h7,30H,2,6,8-29H2,1,3-5H3/p+1/t30-/m1/s1. The molecule has 0 fully saturated rings. The van der Waals surface area contributed by atoms with E-state index < -0.39 is 26.5 Å². The van der Waals surface area contributed by atoms with Crippen LogP contribution >= 0.6 is 7.82 Å². The van der Waals surface area contributed by atoms with Crippen molar-refractivity contribution in [1.82, 2.24) is 0 Å². The number of nitrogens with zero attached hydrogens (tertiary/aromatic N) is 1. The van der Waals surface area contributed by atoms with E-state index in [1.807, 2.05) is 21.1 Å². The largest absolute Gasteiger partial charge is 0.472 e. The van der Waals surface area contributed by atoms with Crippen molar-refractivity contribution in [3.8, 4) is 0 Å². The lowest BCUT2D eigenvalue weighted by molar-refractivity contribution is -0.870. The van der Waals surface area contributed by atoms with Crippen molar-refractivity contribution in [2.45, 2.75) is 135 Å². The molecule has 2 atom stereocenters. The molecule has 248 valence electrons. The molecule has 0 saturated heterocycles. The van der Waals surface area contributed by atoms with E-state index in [-0.39, 0.29) is 32.0 Å². The van der Waals surface area contributed by atoms with Crippen LogP contribution in [0, 0.1) is 0 Å². The number of phosphoric ester groups is 1. The topological polar surface area (TPSA) is 108 Å². The second-order valence-corrected chi connectivity index (χ2v) is 13.7. The quantitative estimate of drug-likeness (QED) is 0.0284. The Morgan fingerprint density at radius 2 is 1.26 bits per heavy atom. The molecule has 0 saturated carbocycles. The fourth-order valence-corrected chi connectivity index (χ4v) is 5.04. The van der Waals surface area contributed by atoms with Gasteiger partial charge < -0.3 is 18.9 Å². The summed E-state index contributed by atoms with van der Waals surface area (Å²) in [6.45, 7) is 5.75. The van der Waals surface area contributed by atoms with E-state index in [1.54, 1.807) is 6.08 Å². The van der Waals surface area contributed by atoms with Gasteiger partial charge in [-0.2, -0.15) is 0 Å². The first-order valence-electron chi connectivity index (χ1n) is 16.4. The SMILES string of the molecule is C=CCCCC(=O)O[C@H](COC(=O)CCCCCCCCCCCCCCCCC)COP(=O)(O)OCC[N+](C)(C)C. The minimum absolute atomic E-state index is 0.0253. The number of ether oxygens (including phenoxy) is 2. The predicted molar refractivity (Wildman–Crippen MR) is 169 cm³/mol. The van der Waals surface area contributed by atoms with Crippen molar-refractivity contribution >= 4 is 19.8 Å². The Balaban J connectivity index is 4.19. The van der Waals surface area contributed by atoms with Crippen LogP contribution in [-0.4, -0.2) is 74.9 Å². The number of hydrogen-bond acceptors (Lipinski definition) is 7. The van der Waals surface area contributed by atoms with Crippen LogP contribution in [0.3, 0.4) is 0 Å². The lowest BCUT2D eigenvalue weighted by Gasteiger charge is -2.24. The van der Waals surface area contributed by atoms with Gasteiger partial charge in [-0.15, -0.1) is 6.58 Å². The third-order valence-electron chi connectivity index (χ3n) is 6.94. The van der Waals surface area contributed by atoms with Crippen LogP contribution in [0.1, 0.15) is 129 Å². The highest BCUT2D eigenvalue weighted by Gasteiger charge is 2.27. The first-order chi connectivity index (χ1) is 20.0. The minimum atomic E-state index is -4.35. The maximum Gasteiger partial charge on any atom is 0.472 e. The smallest absolute Gasteiger partial charge is 0.462 e. The van der Waals surface area contributed by atoms with Gasteiger partial charge in [0, 0.05) is 12.8 Å². The molecule has 0 amide bonds. The van der Waals surface area contributed by atoms with Crippen molar-refractivity contribution in [2.75, 3.05) is 47.5 Å². The fraction of sp³-hybridized carbons (Fsp3) is 0.875. The Kier molecular flexibility index (Phi) is 25.4. The molecular weight excluding hydrogens is 557 g/mol. The van der Waals surface area contributed by atoms with E-state index in [2.05, 4.69) is 13.5 Å². The zero-order valence-electron chi connectivity index (χ0n) is 27.3. The second-order valence-electron chi connectivity index (χ2n) is 12.3. The number of hydrogen-bond donors (Lipinski definition) is 1. The van der Waals surface area contributed by atoms with Crippen molar-refractivity contribution in [1.29, 1.82) is 0 Å². The summed E-state index contributed by atoms with van der Waals surface area (Å²) in [5.41, 5.74) is 0. The molecular formula is C32H63NO8P+. The van der Waals surface area contributed by atoms with Crippen LogP contribution in [0.5, 0.6) is 0 Å². The van der Waals surface area contributed by atoms with Gasteiger partial charge >= 0.3 is 19.8 Å². The summed E-state index contributed by atoms with van der Waals surface area (Å²) in [4.78, 5) is 34.5. The number of phosphoric acid groups is 1. The molecule has 1 N–H and O–H groups in total. The molecule has 0 heterocycles. The maximum atomic E-state index is 12.3. The van der Waals surface area contributed by atoms with Crippen molar-refractivity contribution in [2.24, 2.45) is 0 Å². The van der Waals surface area contributed by atoms with E-state index in [9.17, 15) is 19.0 Å². The fourth-order valence-electron chi connectivity index (χ4n) is 4.30. The predicted octanol–water partition coefficient (Wildman–Crippen LogP) is 7.90. The first-order valence-corrected chi connectivity index (χ1v) is 17.9. The zero-order chi connectivity index (χ0) is 31.5. The van der Waals surface area contributed by atoms with E-state index in [0.29, 0.717) is 23.9 Å². The van der Waals surface area contributed by atoms with Gasteiger partial charge in [0.25, 0.3) is 0 Å². The van der Waals surface area contributed by atoms with Crippen molar-refractivity contribution < 1.29 is 42.1 Å². The molecule has 0 bridgehead atoms. The summed E-state index contributed by atoms with van der Waals surface area (Å²) in [6.07, 6.45) is 21.1. The Morgan fingerprint density at radius 1 is 0.762 bits per heavy atom. The van der Waals surface area contributed by atoms with Gasteiger partial charge in [0.15, 0.2) is 6.10 Å². The molecule has 0 aromatic heterocycles. The lowest BCUT2D eigenvalue weighted by Crippen LogP contribution is -2.37. The molecule has 0 aliphatic rings. The number of allylic oxidation sites excluding steroid dienone is 1. The average Bonchev–Trinajstić information content (AvgIpc) is 2.91. The Hall–Kier alpha value is -1.25. The van der Waals surface area contributed by atoms with Gasteiger partial charge in [-0.05, 0) is 19.3 Å². The number of quaternary nitrogens is 1. The van der Waals surface area contributed by atoms with Gasteiger partial charge in [-0.25, -0.2) is 4.57 Å². The zero-order valence-corrected chi connectivity index (χ0v) is 28.2. The van der Waals surface area contributed by atoms with Crippen LogP contribution in [0.2, 0.25) is 0 Å². The molecule has 0 rings (SSSR count). The lowest BCUT2D eigenvalue weighted by atomic mass is 10.0. The van der Waals surface area contributed by atoms with Gasteiger partial charge in [-0.3, -0.25) is 18.6 Å². The van der Waals surface area contributed by atoms with Crippen molar-refractivity contribution in [3.63, 3.8) is 0 Å². The number of likely N-dealkylation sites (N-methyl/N-ethyl adjacent to an activating group) is 1. The van der Waals surface area contributed by atoms with E-state index in [1.165, 1.54) is 77.0 Å². The van der Waals surface area contributed by atoms with Crippen LogP contribution in [0.25, 0.3) is 0 Å². The molecule has 10 heteroatoms. The summed E-state index contributed by atoms with van der Waals surface area (Å²) < 4.78 is 33.6. The average molecular weight is 621 g/mol. The minimum Gasteiger partial charge on any atom is -0.462 e. The molecule has 0 aliphatic carbocycles.